The van der Waals surface area contributed by atoms with Crippen LogP contribution in [0.3, 0.4) is 0 Å². The molecule has 5 atom stereocenters. The maximum Gasteiger partial charge on any atom is 0.313 e. The van der Waals surface area contributed by atoms with Crippen LogP contribution >= 0.6 is 0 Å². The molecule has 214 valence electrons. The Hall–Kier alpha value is -2.25. The van der Waals surface area contributed by atoms with Crippen LogP contribution in [0.15, 0.2) is 0 Å². The van der Waals surface area contributed by atoms with E-state index in [9.17, 15) is 27.6 Å². The third-order valence-electron chi connectivity index (χ3n) is 4.98. The molecule has 37 heavy (non-hydrogen) atoms. The van der Waals surface area contributed by atoms with Gasteiger partial charge in [0.1, 0.15) is 24.9 Å². The smallest absolute Gasteiger partial charge is 0.313 e. The molecule has 0 aliphatic carbocycles. The highest BCUT2D eigenvalue weighted by molar-refractivity contribution is 7.86. The van der Waals surface area contributed by atoms with E-state index in [4.69, 9.17) is 23.1 Å². The topological polar surface area (TPSA) is 161 Å². The van der Waals surface area contributed by atoms with Gasteiger partial charge in [0, 0.05) is 6.92 Å². The molecule has 0 bridgehead atoms. The summed E-state index contributed by atoms with van der Waals surface area (Å²) in [5, 5.41) is 2.52. The van der Waals surface area contributed by atoms with Crippen LogP contribution in [0, 0.1) is 16.2 Å². The molecule has 12 nitrogen and oxygen atoms in total. The lowest BCUT2D eigenvalue weighted by molar-refractivity contribution is -0.268. The van der Waals surface area contributed by atoms with E-state index in [1.165, 1.54) is 6.92 Å². The van der Waals surface area contributed by atoms with Crippen molar-refractivity contribution in [1.29, 1.82) is 0 Å². The molecule has 0 unspecified atom stereocenters. The minimum atomic E-state index is -4.18. The van der Waals surface area contributed by atoms with Crippen molar-refractivity contribution in [2.45, 2.75) is 99.9 Å². The van der Waals surface area contributed by atoms with E-state index < -0.39 is 87.4 Å². The van der Waals surface area contributed by atoms with Gasteiger partial charge >= 0.3 is 17.9 Å². The second-order valence-electron chi connectivity index (χ2n) is 12.2. The Morgan fingerprint density at radius 3 is 1.65 bits per heavy atom. The van der Waals surface area contributed by atoms with Gasteiger partial charge in [0.25, 0.3) is 10.1 Å². The van der Waals surface area contributed by atoms with Crippen LogP contribution in [0.2, 0.25) is 0 Å². The van der Waals surface area contributed by atoms with E-state index in [-0.39, 0.29) is 0 Å². The van der Waals surface area contributed by atoms with Crippen molar-refractivity contribution < 1.29 is 50.7 Å². The summed E-state index contributed by atoms with van der Waals surface area (Å²) in [6.45, 7) is 15.0. The average molecular weight is 552 g/mol. The lowest BCUT2D eigenvalue weighted by atomic mass is 9.93. The minimum absolute atomic E-state index is 0.518. The number of hydrogen-bond acceptors (Lipinski definition) is 11. The molecule has 1 amide bonds. The summed E-state index contributed by atoms with van der Waals surface area (Å²) in [5.74, 6) is -2.67. The summed E-state index contributed by atoms with van der Waals surface area (Å²) in [5.41, 5.74) is -2.90. The quantitative estimate of drug-likeness (QED) is 0.278. The fourth-order valence-corrected chi connectivity index (χ4v) is 3.58. The Labute approximate surface area is 219 Å². The first-order valence-electron chi connectivity index (χ1n) is 11.8. The molecule has 1 heterocycles. The van der Waals surface area contributed by atoms with Crippen LogP contribution in [-0.4, -0.2) is 75.7 Å². The number of ether oxygens (including phenoxy) is 4. The van der Waals surface area contributed by atoms with Gasteiger partial charge in [-0.25, -0.2) is 0 Å². The largest absolute Gasteiger partial charge is 0.462 e. The molecular weight excluding hydrogens is 510 g/mol. The first kappa shape index (κ1) is 32.8. The van der Waals surface area contributed by atoms with E-state index >= 15 is 0 Å². The van der Waals surface area contributed by atoms with Crippen molar-refractivity contribution in [1.82, 2.24) is 5.32 Å². The Bertz CT molecular complexity index is 970. The van der Waals surface area contributed by atoms with Crippen LogP contribution in [0.5, 0.6) is 0 Å². The standard InChI is InChI=1S/C24H41NO11S/c1-13(26)25-15-17(34-20(28)23(5,6)7)16(36-37(11,30)31)14(12-32-19(27)22(2,3)4)33-18(15)35-21(29)24(8,9)10/h14-18H,12H2,1-11H3,(H,25,26)/t14-,15-,16-,17-,18+/m1/s1. The van der Waals surface area contributed by atoms with Gasteiger partial charge < -0.3 is 24.3 Å². The van der Waals surface area contributed by atoms with Gasteiger partial charge in [-0.1, -0.05) is 0 Å². The van der Waals surface area contributed by atoms with Crippen LogP contribution in [0.4, 0.5) is 0 Å². The third kappa shape index (κ3) is 10.2. The Kier molecular flexibility index (Phi) is 10.3. The highest BCUT2D eigenvalue weighted by Gasteiger charge is 2.53. The lowest BCUT2D eigenvalue weighted by Crippen LogP contribution is -2.67. The molecular formula is C24H41NO11S. The molecule has 1 fully saturated rings. The highest BCUT2D eigenvalue weighted by Crippen LogP contribution is 2.32. The number of carbonyl (C=O) groups is 4. The number of hydrogen-bond donors (Lipinski definition) is 1. The fourth-order valence-electron chi connectivity index (χ4n) is 2.94. The molecule has 1 aliphatic heterocycles. The summed E-state index contributed by atoms with van der Waals surface area (Å²) in [6, 6.07) is -1.35. The number of esters is 3. The molecule has 1 aliphatic rings. The van der Waals surface area contributed by atoms with Crippen LogP contribution in [-0.2, 0) is 52.4 Å². The number of amides is 1. The zero-order valence-corrected chi connectivity index (χ0v) is 24.3. The van der Waals surface area contributed by atoms with Gasteiger partial charge in [-0.3, -0.25) is 23.4 Å². The van der Waals surface area contributed by atoms with E-state index in [1.807, 2.05) is 0 Å². The van der Waals surface area contributed by atoms with Crippen molar-refractivity contribution in [2.24, 2.45) is 16.2 Å². The van der Waals surface area contributed by atoms with Crippen molar-refractivity contribution >= 4 is 33.9 Å². The fraction of sp³-hybridized carbons (Fsp3) is 0.833. The normalized spacial score (nSPS) is 25.1. The van der Waals surface area contributed by atoms with Crippen LogP contribution in [0.25, 0.3) is 0 Å². The molecule has 1 saturated heterocycles. The summed E-state index contributed by atoms with van der Waals surface area (Å²) >= 11 is 0. The summed E-state index contributed by atoms with van der Waals surface area (Å²) in [7, 11) is -4.18. The highest BCUT2D eigenvalue weighted by atomic mass is 32.2. The Morgan fingerprint density at radius 2 is 1.24 bits per heavy atom. The minimum Gasteiger partial charge on any atom is -0.462 e. The van der Waals surface area contributed by atoms with Crippen LogP contribution < -0.4 is 5.32 Å². The SMILES string of the molecule is CC(=O)N[C@H]1[C@H](OC(=O)C(C)(C)C)O[C@H](COC(=O)C(C)(C)C)[C@@H](OS(C)(=O)=O)[C@@H]1OC(=O)C(C)(C)C. The summed E-state index contributed by atoms with van der Waals surface area (Å²) < 4.78 is 52.1. The second kappa shape index (κ2) is 11.6. The predicted octanol–water partition coefficient (Wildman–Crippen LogP) is 1.70. The van der Waals surface area contributed by atoms with Crippen molar-refractivity contribution in [3.63, 3.8) is 0 Å². The molecule has 0 spiro atoms. The lowest BCUT2D eigenvalue weighted by Gasteiger charge is -2.45. The van der Waals surface area contributed by atoms with Gasteiger partial charge in [-0.2, -0.15) is 8.42 Å². The van der Waals surface area contributed by atoms with Gasteiger partial charge in [0.2, 0.25) is 12.2 Å². The van der Waals surface area contributed by atoms with Crippen molar-refractivity contribution in [3.8, 4) is 0 Å². The zero-order valence-electron chi connectivity index (χ0n) is 23.5. The number of rotatable bonds is 7. The van der Waals surface area contributed by atoms with E-state index in [1.54, 1.807) is 62.3 Å². The van der Waals surface area contributed by atoms with E-state index in [0.717, 1.165) is 6.26 Å². The van der Waals surface area contributed by atoms with Gasteiger partial charge in [0.15, 0.2) is 6.10 Å². The first-order valence-corrected chi connectivity index (χ1v) is 13.7. The Balaban J connectivity index is 3.63. The molecule has 1 rings (SSSR count). The van der Waals surface area contributed by atoms with E-state index in [2.05, 4.69) is 5.32 Å². The number of nitrogens with one attached hydrogen (secondary N) is 1. The molecule has 0 radical (unpaired) electrons. The molecule has 0 aromatic carbocycles. The average Bonchev–Trinajstić information content (AvgIpc) is 2.66. The predicted molar refractivity (Wildman–Crippen MR) is 131 cm³/mol. The molecule has 0 aromatic heterocycles. The number of carbonyl (C=O) groups excluding carboxylic acids is 4. The van der Waals surface area contributed by atoms with Gasteiger partial charge in [0.05, 0.1) is 22.5 Å². The third-order valence-corrected chi connectivity index (χ3v) is 5.56. The van der Waals surface area contributed by atoms with Gasteiger partial charge in [-0.15, -0.1) is 0 Å². The monoisotopic (exact) mass is 551 g/mol. The zero-order chi connectivity index (χ0) is 29.1. The maximum absolute atomic E-state index is 12.9. The molecule has 13 heteroatoms. The van der Waals surface area contributed by atoms with Crippen molar-refractivity contribution in [2.75, 3.05) is 12.9 Å². The molecule has 1 N–H and O–H groups in total. The van der Waals surface area contributed by atoms with Gasteiger partial charge in [-0.05, 0) is 62.3 Å². The van der Waals surface area contributed by atoms with Crippen LogP contribution in [0.1, 0.15) is 69.2 Å². The molecule has 0 aromatic rings. The summed E-state index contributed by atoms with van der Waals surface area (Å²) in [4.78, 5) is 50.1. The van der Waals surface area contributed by atoms with Crippen molar-refractivity contribution in [3.05, 3.63) is 0 Å². The second-order valence-corrected chi connectivity index (χ2v) is 13.8. The van der Waals surface area contributed by atoms with E-state index in [0.29, 0.717) is 0 Å². The molecule has 0 saturated carbocycles. The Morgan fingerprint density at radius 1 is 0.784 bits per heavy atom. The first-order chi connectivity index (χ1) is 16.4. The maximum atomic E-state index is 12.9. The summed E-state index contributed by atoms with van der Waals surface area (Å²) in [6.07, 6.45) is -5.18.